The van der Waals surface area contributed by atoms with E-state index in [-0.39, 0.29) is 6.03 Å². The van der Waals surface area contributed by atoms with Crippen molar-refractivity contribution in [2.24, 2.45) is 0 Å². The summed E-state index contributed by atoms with van der Waals surface area (Å²) < 4.78 is 5.31. The van der Waals surface area contributed by atoms with E-state index in [1.807, 2.05) is 4.90 Å². The molecule has 3 aliphatic rings. The van der Waals surface area contributed by atoms with Crippen molar-refractivity contribution in [2.75, 3.05) is 65.6 Å². The van der Waals surface area contributed by atoms with Crippen molar-refractivity contribution in [2.45, 2.75) is 18.9 Å². The van der Waals surface area contributed by atoms with Crippen LogP contribution in [-0.2, 0) is 4.74 Å². The van der Waals surface area contributed by atoms with Crippen molar-refractivity contribution in [3.8, 4) is 0 Å². The summed E-state index contributed by atoms with van der Waals surface area (Å²) in [4.78, 5) is 18.9. The molecular weight excluding hydrogens is 256 g/mol. The van der Waals surface area contributed by atoms with Crippen molar-refractivity contribution in [1.82, 2.24) is 20.0 Å². The van der Waals surface area contributed by atoms with Crippen LogP contribution in [0.4, 0.5) is 4.79 Å². The fraction of sp³-hybridized carbons (Fsp3) is 0.929. The summed E-state index contributed by atoms with van der Waals surface area (Å²) in [7, 11) is 0. The van der Waals surface area contributed by atoms with Crippen LogP contribution in [0.1, 0.15) is 12.8 Å². The molecule has 0 unspecified atom stereocenters. The molecule has 0 spiro atoms. The van der Waals surface area contributed by atoms with Crippen LogP contribution in [0.15, 0.2) is 0 Å². The molecule has 0 aromatic rings. The Hall–Kier alpha value is -0.850. The van der Waals surface area contributed by atoms with Gasteiger partial charge in [0.15, 0.2) is 0 Å². The van der Waals surface area contributed by atoms with E-state index < -0.39 is 0 Å². The molecule has 1 saturated carbocycles. The number of nitrogens with one attached hydrogen (secondary N) is 1. The van der Waals surface area contributed by atoms with Gasteiger partial charge in [0.2, 0.25) is 0 Å². The Labute approximate surface area is 121 Å². The monoisotopic (exact) mass is 282 g/mol. The highest BCUT2D eigenvalue weighted by atomic mass is 16.5. The summed E-state index contributed by atoms with van der Waals surface area (Å²) in [6.07, 6.45) is 2.71. The van der Waals surface area contributed by atoms with Gasteiger partial charge < -0.3 is 15.0 Å². The number of hydrogen-bond donors (Lipinski definition) is 1. The van der Waals surface area contributed by atoms with Gasteiger partial charge in [-0.05, 0) is 12.8 Å². The quantitative estimate of drug-likeness (QED) is 0.776. The van der Waals surface area contributed by atoms with Crippen molar-refractivity contribution in [3.05, 3.63) is 0 Å². The van der Waals surface area contributed by atoms with Gasteiger partial charge in [-0.1, -0.05) is 0 Å². The van der Waals surface area contributed by atoms with E-state index in [1.165, 1.54) is 12.8 Å². The smallest absolute Gasteiger partial charge is 0.317 e. The van der Waals surface area contributed by atoms with E-state index in [4.69, 9.17) is 4.74 Å². The number of amides is 2. The lowest BCUT2D eigenvalue weighted by Crippen LogP contribution is -2.53. The molecule has 0 bridgehead atoms. The molecule has 2 heterocycles. The van der Waals surface area contributed by atoms with Gasteiger partial charge in [-0.3, -0.25) is 9.80 Å². The maximum atomic E-state index is 12.1. The maximum absolute atomic E-state index is 12.1. The molecule has 2 amide bonds. The summed E-state index contributed by atoms with van der Waals surface area (Å²) in [6, 6.07) is 0.926. The SMILES string of the molecule is O=C(NCCN1CCOCC1)N1CCN(C2CC2)CC1. The van der Waals surface area contributed by atoms with Crippen LogP contribution in [-0.4, -0.2) is 92.3 Å². The number of rotatable bonds is 4. The maximum Gasteiger partial charge on any atom is 0.317 e. The molecule has 0 radical (unpaired) electrons. The number of urea groups is 1. The number of ether oxygens (including phenoxy) is 1. The molecule has 2 aliphatic heterocycles. The number of nitrogens with zero attached hydrogens (tertiary/aromatic N) is 3. The average Bonchev–Trinajstić information content (AvgIpc) is 3.33. The minimum Gasteiger partial charge on any atom is -0.379 e. The number of carbonyl (C=O) groups excluding carboxylic acids is 1. The van der Waals surface area contributed by atoms with E-state index in [1.54, 1.807) is 0 Å². The number of hydrogen-bond acceptors (Lipinski definition) is 4. The number of morpholine rings is 1. The predicted molar refractivity (Wildman–Crippen MR) is 76.8 cm³/mol. The zero-order chi connectivity index (χ0) is 13.8. The van der Waals surface area contributed by atoms with Crippen LogP contribution in [0.3, 0.4) is 0 Å². The van der Waals surface area contributed by atoms with Crippen LogP contribution in [0.25, 0.3) is 0 Å². The van der Waals surface area contributed by atoms with Crippen LogP contribution >= 0.6 is 0 Å². The van der Waals surface area contributed by atoms with Gasteiger partial charge >= 0.3 is 6.03 Å². The lowest BCUT2D eigenvalue weighted by Gasteiger charge is -2.35. The van der Waals surface area contributed by atoms with E-state index in [9.17, 15) is 4.79 Å². The lowest BCUT2D eigenvalue weighted by molar-refractivity contribution is 0.0385. The Balaban J connectivity index is 1.30. The zero-order valence-corrected chi connectivity index (χ0v) is 12.2. The van der Waals surface area contributed by atoms with Gasteiger partial charge in [0, 0.05) is 58.4 Å². The van der Waals surface area contributed by atoms with Crippen LogP contribution in [0, 0.1) is 0 Å². The summed E-state index contributed by atoms with van der Waals surface area (Å²) in [6.45, 7) is 9.10. The van der Waals surface area contributed by atoms with E-state index in [0.717, 1.165) is 71.6 Å². The largest absolute Gasteiger partial charge is 0.379 e. The third-order valence-corrected chi connectivity index (χ3v) is 4.47. The van der Waals surface area contributed by atoms with Gasteiger partial charge in [-0.2, -0.15) is 0 Å². The molecule has 0 aromatic heterocycles. The molecule has 2 saturated heterocycles. The van der Waals surface area contributed by atoms with Crippen molar-refractivity contribution < 1.29 is 9.53 Å². The van der Waals surface area contributed by atoms with Crippen molar-refractivity contribution >= 4 is 6.03 Å². The first-order valence-corrected chi connectivity index (χ1v) is 7.90. The third-order valence-electron chi connectivity index (χ3n) is 4.47. The molecule has 6 nitrogen and oxygen atoms in total. The first-order valence-electron chi connectivity index (χ1n) is 7.90. The lowest BCUT2D eigenvalue weighted by atomic mass is 10.3. The van der Waals surface area contributed by atoms with Crippen molar-refractivity contribution in [3.63, 3.8) is 0 Å². The zero-order valence-electron chi connectivity index (χ0n) is 12.2. The molecule has 3 rings (SSSR count). The van der Waals surface area contributed by atoms with E-state index >= 15 is 0 Å². The summed E-state index contributed by atoms with van der Waals surface area (Å²) in [5, 5.41) is 3.05. The fourth-order valence-corrected chi connectivity index (χ4v) is 2.99. The molecule has 1 aliphatic carbocycles. The standard InChI is InChI=1S/C14H26N4O2/c19-14(15-3-4-16-9-11-20-12-10-16)18-7-5-17(6-8-18)13-1-2-13/h13H,1-12H2,(H,15,19). The molecule has 20 heavy (non-hydrogen) atoms. The van der Waals surface area contributed by atoms with Crippen LogP contribution in [0.2, 0.25) is 0 Å². The summed E-state index contributed by atoms with van der Waals surface area (Å²) in [5.41, 5.74) is 0. The molecule has 114 valence electrons. The average molecular weight is 282 g/mol. The molecule has 3 fully saturated rings. The van der Waals surface area contributed by atoms with Gasteiger partial charge in [-0.15, -0.1) is 0 Å². The highest BCUT2D eigenvalue weighted by molar-refractivity contribution is 5.74. The van der Waals surface area contributed by atoms with Gasteiger partial charge in [0.05, 0.1) is 13.2 Å². The third kappa shape index (κ3) is 3.84. The number of carbonyl (C=O) groups is 1. The Morgan fingerprint density at radius 1 is 1.05 bits per heavy atom. The highest BCUT2D eigenvalue weighted by Gasteiger charge is 2.32. The first kappa shape index (κ1) is 14.1. The normalized spacial score (nSPS) is 25.7. The Kier molecular flexibility index (Phi) is 4.75. The second-order valence-corrected chi connectivity index (χ2v) is 5.94. The van der Waals surface area contributed by atoms with Crippen molar-refractivity contribution in [1.29, 1.82) is 0 Å². The topological polar surface area (TPSA) is 48.1 Å². The van der Waals surface area contributed by atoms with Crippen LogP contribution < -0.4 is 5.32 Å². The minimum atomic E-state index is 0.105. The van der Waals surface area contributed by atoms with E-state index in [0.29, 0.717) is 0 Å². The van der Waals surface area contributed by atoms with Crippen LogP contribution in [0.5, 0.6) is 0 Å². The van der Waals surface area contributed by atoms with Gasteiger partial charge in [0.1, 0.15) is 0 Å². The van der Waals surface area contributed by atoms with Gasteiger partial charge in [0.25, 0.3) is 0 Å². The highest BCUT2D eigenvalue weighted by Crippen LogP contribution is 2.27. The first-order chi connectivity index (χ1) is 9.83. The Bertz CT molecular complexity index is 321. The molecule has 0 atom stereocenters. The molecule has 6 heteroatoms. The Morgan fingerprint density at radius 3 is 2.40 bits per heavy atom. The minimum absolute atomic E-state index is 0.105. The summed E-state index contributed by atoms with van der Waals surface area (Å²) in [5.74, 6) is 0. The summed E-state index contributed by atoms with van der Waals surface area (Å²) >= 11 is 0. The fourth-order valence-electron chi connectivity index (χ4n) is 2.99. The molecule has 0 aromatic carbocycles. The second kappa shape index (κ2) is 6.74. The predicted octanol–water partition coefficient (Wildman–Crippen LogP) is -0.192. The second-order valence-electron chi connectivity index (χ2n) is 5.94. The van der Waals surface area contributed by atoms with Gasteiger partial charge in [-0.25, -0.2) is 4.79 Å². The Morgan fingerprint density at radius 2 is 1.75 bits per heavy atom. The molecule has 1 N–H and O–H groups in total. The molecular formula is C14H26N4O2. The van der Waals surface area contributed by atoms with E-state index in [2.05, 4.69) is 15.1 Å². The number of piperazine rings is 1.